The third kappa shape index (κ3) is 4.34. The van der Waals surface area contributed by atoms with Gasteiger partial charge in [-0.05, 0) is 0 Å². The van der Waals surface area contributed by atoms with Gasteiger partial charge < -0.3 is 0 Å². The first-order valence-corrected chi connectivity index (χ1v) is 13.2. The van der Waals surface area contributed by atoms with Crippen molar-refractivity contribution >= 4 is 19.2 Å². The summed E-state index contributed by atoms with van der Waals surface area (Å²) >= 11 is -3.16. The molecule has 0 aliphatic carbocycles. The maximum atomic E-state index is 6.56. The molecule has 20 heavy (non-hydrogen) atoms. The Balaban J connectivity index is 2.83. The topological polar surface area (TPSA) is 21.7 Å². The molecule has 0 aromatic heterocycles. The van der Waals surface area contributed by atoms with Crippen molar-refractivity contribution in [2.75, 3.05) is 32.8 Å². The Morgan fingerprint density at radius 3 is 1.60 bits per heavy atom. The number of nitrogens with zero attached hydrogens (tertiary/aromatic N) is 1. The van der Waals surface area contributed by atoms with E-state index in [4.69, 9.17) is 6.15 Å². The van der Waals surface area contributed by atoms with Gasteiger partial charge in [0.15, 0.2) is 0 Å². The summed E-state index contributed by atoms with van der Waals surface area (Å²) < 4.78 is 13.4. The normalized spacial score (nSPS) is 22.6. The zero-order valence-electron chi connectivity index (χ0n) is 14.9. The van der Waals surface area contributed by atoms with Gasteiger partial charge in [0.25, 0.3) is 0 Å². The van der Waals surface area contributed by atoms with Gasteiger partial charge in [-0.25, -0.2) is 0 Å². The molecule has 1 aliphatic heterocycles. The minimum atomic E-state index is -3.16. The van der Waals surface area contributed by atoms with Crippen LogP contribution in [-0.4, -0.2) is 57.0 Å². The van der Waals surface area contributed by atoms with Crippen molar-refractivity contribution in [3.05, 3.63) is 0 Å². The summed E-state index contributed by atoms with van der Waals surface area (Å²) in [7, 11) is 0. The Bertz CT molecular complexity index is 279. The van der Waals surface area contributed by atoms with E-state index in [9.17, 15) is 0 Å². The molecular formula is C16H35NO2Sn. The van der Waals surface area contributed by atoms with Gasteiger partial charge in [0.2, 0.25) is 0 Å². The summed E-state index contributed by atoms with van der Waals surface area (Å²) in [6, 6.07) is 0. The van der Waals surface area contributed by atoms with Crippen LogP contribution in [0.3, 0.4) is 0 Å². The molecule has 0 unspecified atom stereocenters. The van der Waals surface area contributed by atoms with E-state index in [1.165, 1.54) is 0 Å². The molecule has 1 rings (SSSR count). The van der Waals surface area contributed by atoms with Crippen molar-refractivity contribution in [1.82, 2.24) is 4.90 Å². The molecule has 120 valence electrons. The fourth-order valence-electron chi connectivity index (χ4n) is 3.48. The fraction of sp³-hybridized carbons (Fsp3) is 1.00. The Morgan fingerprint density at radius 2 is 1.30 bits per heavy atom. The van der Waals surface area contributed by atoms with Crippen molar-refractivity contribution in [3.63, 3.8) is 0 Å². The molecule has 0 atom stereocenters. The van der Waals surface area contributed by atoms with E-state index in [0.717, 1.165) is 32.8 Å². The molecule has 0 saturated carbocycles. The van der Waals surface area contributed by atoms with E-state index in [0.29, 0.717) is 5.92 Å². The Morgan fingerprint density at radius 1 is 0.900 bits per heavy atom. The molecule has 0 bridgehead atoms. The molecule has 4 heteroatoms. The second-order valence-corrected chi connectivity index (χ2v) is 22.2. The predicted molar refractivity (Wildman–Crippen MR) is 88.4 cm³/mol. The van der Waals surface area contributed by atoms with Crippen molar-refractivity contribution in [3.8, 4) is 0 Å². The Kier molecular flexibility index (Phi) is 6.41. The molecule has 1 saturated heterocycles. The number of hydrogen-bond donors (Lipinski definition) is 0. The van der Waals surface area contributed by atoms with Crippen molar-refractivity contribution in [2.45, 2.75) is 62.3 Å². The number of rotatable bonds is 2. The van der Waals surface area contributed by atoms with Crippen LogP contribution < -0.4 is 0 Å². The standard InChI is InChI=1S/C8H17NO2.2C4H9.Sn/c1-8(2)7-9(3-5-10)4-6-11;2*1-4(2)3;/h8H,3-7H2,1-2H3;2*1-3H3;/q-2;;;+2. The van der Waals surface area contributed by atoms with Crippen LogP contribution in [-0.2, 0) is 6.15 Å². The van der Waals surface area contributed by atoms with Gasteiger partial charge in [0, 0.05) is 0 Å². The van der Waals surface area contributed by atoms with Crippen molar-refractivity contribution < 1.29 is 6.15 Å². The molecule has 0 amide bonds. The summed E-state index contributed by atoms with van der Waals surface area (Å²) in [5, 5.41) is 0. The number of hydrogen-bond acceptors (Lipinski definition) is 3. The van der Waals surface area contributed by atoms with Gasteiger partial charge in [-0.2, -0.15) is 0 Å². The first-order chi connectivity index (χ1) is 8.99. The van der Waals surface area contributed by atoms with Crippen LogP contribution in [0.1, 0.15) is 55.4 Å². The summed E-state index contributed by atoms with van der Waals surface area (Å²) in [6.45, 7) is 23.3. The van der Waals surface area contributed by atoms with E-state index in [1.807, 2.05) is 0 Å². The van der Waals surface area contributed by atoms with Crippen LogP contribution >= 0.6 is 0 Å². The SMILES string of the molecule is CC(C)CN1CC[O][Sn]([C](C)(C)C)([C](C)(C)C)[O]CC1. The van der Waals surface area contributed by atoms with E-state index >= 15 is 0 Å². The predicted octanol–water partition coefficient (Wildman–Crippen LogP) is 4.03. The van der Waals surface area contributed by atoms with E-state index in [1.54, 1.807) is 0 Å². The molecule has 1 aliphatic rings. The summed E-state index contributed by atoms with van der Waals surface area (Å²) in [4.78, 5) is 2.48. The summed E-state index contributed by atoms with van der Waals surface area (Å²) in [5.74, 6) is 0.702. The van der Waals surface area contributed by atoms with Crippen LogP contribution in [0.4, 0.5) is 0 Å². The molecule has 1 heterocycles. The molecular weight excluding hydrogens is 357 g/mol. The molecule has 0 spiro atoms. The average Bonchev–Trinajstić information content (AvgIpc) is 2.17. The quantitative estimate of drug-likeness (QED) is 0.663. The molecule has 3 nitrogen and oxygen atoms in total. The Labute approximate surface area is 131 Å². The summed E-state index contributed by atoms with van der Waals surface area (Å²) in [5.41, 5.74) is 0. The monoisotopic (exact) mass is 393 g/mol. The first-order valence-electron chi connectivity index (χ1n) is 8.00. The second kappa shape index (κ2) is 6.84. The second-order valence-electron chi connectivity index (χ2n) is 8.51. The minimum absolute atomic E-state index is 0.160. The van der Waals surface area contributed by atoms with Crippen molar-refractivity contribution in [1.29, 1.82) is 0 Å². The van der Waals surface area contributed by atoms with E-state index < -0.39 is 19.2 Å². The first kappa shape index (κ1) is 18.7. The van der Waals surface area contributed by atoms with Crippen LogP contribution in [0.15, 0.2) is 0 Å². The average molecular weight is 392 g/mol. The zero-order valence-corrected chi connectivity index (χ0v) is 17.7. The fourth-order valence-corrected chi connectivity index (χ4v) is 17.2. The van der Waals surface area contributed by atoms with Crippen molar-refractivity contribution in [2.24, 2.45) is 5.92 Å². The molecule has 1 fully saturated rings. The summed E-state index contributed by atoms with van der Waals surface area (Å²) in [6.07, 6.45) is 0. The maximum absolute atomic E-state index is 6.56. The molecule has 0 N–H and O–H groups in total. The molecule has 0 radical (unpaired) electrons. The van der Waals surface area contributed by atoms with Crippen LogP contribution in [0.25, 0.3) is 0 Å². The van der Waals surface area contributed by atoms with Gasteiger partial charge in [-0.15, -0.1) is 0 Å². The van der Waals surface area contributed by atoms with Gasteiger partial charge in [-0.1, -0.05) is 0 Å². The van der Waals surface area contributed by atoms with Crippen LogP contribution in [0, 0.1) is 5.92 Å². The van der Waals surface area contributed by atoms with Crippen LogP contribution in [0.5, 0.6) is 0 Å². The third-order valence-electron chi connectivity index (χ3n) is 4.02. The van der Waals surface area contributed by atoms with Gasteiger partial charge in [0.05, 0.1) is 0 Å². The molecule has 0 aromatic carbocycles. The van der Waals surface area contributed by atoms with E-state index in [2.05, 4.69) is 60.3 Å². The Hall–Kier alpha value is 0.679. The van der Waals surface area contributed by atoms with Crippen LogP contribution in [0.2, 0.25) is 6.86 Å². The third-order valence-corrected chi connectivity index (χ3v) is 18.8. The van der Waals surface area contributed by atoms with E-state index in [-0.39, 0.29) is 6.86 Å². The van der Waals surface area contributed by atoms with Gasteiger partial charge in [-0.3, -0.25) is 0 Å². The zero-order chi connectivity index (χ0) is 15.6. The van der Waals surface area contributed by atoms with Gasteiger partial charge in [0.1, 0.15) is 0 Å². The molecule has 0 aromatic rings. The van der Waals surface area contributed by atoms with Gasteiger partial charge >= 0.3 is 131 Å².